The van der Waals surface area contributed by atoms with Crippen molar-refractivity contribution in [3.63, 3.8) is 0 Å². The minimum atomic E-state index is 0.154. The maximum Gasteiger partial charge on any atom is 0.219 e. The van der Waals surface area contributed by atoms with Crippen LogP contribution < -0.4 is 5.32 Å². The maximum absolute atomic E-state index is 11.1. The molecule has 13 heavy (non-hydrogen) atoms. The predicted molar refractivity (Wildman–Crippen MR) is 51.5 cm³/mol. The molecule has 1 fully saturated rings. The molecule has 0 spiro atoms. The number of methoxy groups -OCH3 is 1. The molecule has 3 nitrogen and oxygen atoms in total. The van der Waals surface area contributed by atoms with E-state index < -0.39 is 0 Å². The van der Waals surface area contributed by atoms with Crippen LogP contribution in [0.3, 0.4) is 0 Å². The summed E-state index contributed by atoms with van der Waals surface area (Å²) >= 11 is 0. The monoisotopic (exact) mass is 185 g/mol. The lowest BCUT2D eigenvalue weighted by molar-refractivity contribution is -0.122. The third-order valence-electron chi connectivity index (χ3n) is 2.65. The largest absolute Gasteiger partial charge is 0.381 e. The van der Waals surface area contributed by atoms with Gasteiger partial charge in [-0.1, -0.05) is 6.92 Å². The molecule has 1 amide bonds. The molecule has 0 unspecified atom stereocenters. The molecule has 0 aromatic rings. The van der Waals surface area contributed by atoms with Crippen molar-refractivity contribution < 1.29 is 9.53 Å². The molecule has 0 aromatic heterocycles. The molecule has 0 heterocycles. The first-order valence-corrected chi connectivity index (χ1v) is 5.08. The smallest absolute Gasteiger partial charge is 0.219 e. The lowest BCUT2D eigenvalue weighted by Gasteiger charge is -2.28. The Morgan fingerprint density at radius 3 is 2.92 bits per heavy atom. The van der Waals surface area contributed by atoms with E-state index in [1.54, 1.807) is 7.11 Å². The average molecular weight is 185 g/mol. The molecular formula is C10H19NO2. The Labute approximate surface area is 79.8 Å². The number of carbonyl (C=O) groups is 1. The average Bonchev–Trinajstić information content (AvgIpc) is 2.18. The topological polar surface area (TPSA) is 38.3 Å². The molecule has 0 radical (unpaired) electrons. The summed E-state index contributed by atoms with van der Waals surface area (Å²) in [5.74, 6) is 0.154. The lowest BCUT2D eigenvalue weighted by atomic mass is 9.93. The number of ether oxygens (including phenoxy) is 1. The highest BCUT2D eigenvalue weighted by Crippen LogP contribution is 2.20. The summed E-state index contributed by atoms with van der Waals surface area (Å²) < 4.78 is 5.29. The standard InChI is InChI=1S/C10H19NO2/c1-3-10(12)11-8-5-4-6-9(7-8)13-2/h8-9H,3-7H2,1-2H3,(H,11,12)/t8-,9-/m1/s1. The molecule has 3 heteroatoms. The van der Waals surface area contributed by atoms with E-state index in [0.717, 1.165) is 25.7 Å². The van der Waals surface area contributed by atoms with Crippen LogP contribution in [0.4, 0.5) is 0 Å². The summed E-state index contributed by atoms with van der Waals surface area (Å²) in [6, 6.07) is 0.339. The van der Waals surface area contributed by atoms with Gasteiger partial charge in [0.25, 0.3) is 0 Å². The molecule has 0 saturated heterocycles. The van der Waals surface area contributed by atoms with Gasteiger partial charge in [0.2, 0.25) is 5.91 Å². The van der Waals surface area contributed by atoms with E-state index in [-0.39, 0.29) is 5.91 Å². The molecule has 2 atom stereocenters. The van der Waals surface area contributed by atoms with E-state index >= 15 is 0 Å². The van der Waals surface area contributed by atoms with Crippen molar-refractivity contribution in [3.05, 3.63) is 0 Å². The van der Waals surface area contributed by atoms with E-state index in [9.17, 15) is 4.79 Å². The van der Waals surface area contributed by atoms with Crippen molar-refractivity contribution in [1.82, 2.24) is 5.32 Å². The van der Waals surface area contributed by atoms with Gasteiger partial charge in [-0.3, -0.25) is 4.79 Å². The maximum atomic E-state index is 11.1. The summed E-state index contributed by atoms with van der Waals surface area (Å²) in [7, 11) is 1.74. The minimum Gasteiger partial charge on any atom is -0.381 e. The second-order valence-corrected chi connectivity index (χ2v) is 3.64. The fraction of sp³-hybridized carbons (Fsp3) is 0.900. The van der Waals surface area contributed by atoms with Crippen LogP contribution >= 0.6 is 0 Å². The van der Waals surface area contributed by atoms with Crippen LogP contribution in [-0.4, -0.2) is 25.2 Å². The van der Waals surface area contributed by atoms with Crippen molar-refractivity contribution in [3.8, 4) is 0 Å². The fourth-order valence-electron chi connectivity index (χ4n) is 1.82. The number of hydrogen-bond acceptors (Lipinski definition) is 2. The van der Waals surface area contributed by atoms with Crippen molar-refractivity contribution in [2.75, 3.05) is 7.11 Å². The van der Waals surface area contributed by atoms with Gasteiger partial charge in [0.1, 0.15) is 0 Å². The Morgan fingerprint density at radius 2 is 2.31 bits per heavy atom. The predicted octanol–water partition coefficient (Wildman–Crippen LogP) is 1.47. The van der Waals surface area contributed by atoms with Crippen LogP contribution in [-0.2, 0) is 9.53 Å². The first kappa shape index (κ1) is 10.5. The zero-order chi connectivity index (χ0) is 9.68. The fourth-order valence-corrected chi connectivity index (χ4v) is 1.82. The molecule has 1 N–H and O–H groups in total. The summed E-state index contributed by atoms with van der Waals surface area (Å²) in [4.78, 5) is 11.1. The quantitative estimate of drug-likeness (QED) is 0.723. The zero-order valence-electron chi connectivity index (χ0n) is 8.51. The zero-order valence-corrected chi connectivity index (χ0v) is 8.51. The highest BCUT2D eigenvalue weighted by atomic mass is 16.5. The molecule has 1 aliphatic rings. The summed E-state index contributed by atoms with van der Waals surface area (Å²) in [5.41, 5.74) is 0. The van der Waals surface area contributed by atoms with Crippen LogP contribution in [0.15, 0.2) is 0 Å². The lowest BCUT2D eigenvalue weighted by Crippen LogP contribution is -2.39. The van der Waals surface area contributed by atoms with Gasteiger partial charge >= 0.3 is 0 Å². The first-order chi connectivity index (χ1) is 6.26. The highest BCUT2D eigenvalue weighted by Gasteiger charge is 2.22. The SMILES string of the molecule is CCC(=O)N[C@@H]1CCC[C@@H](OC)C1. The number of hydrogen-bond donors (Lipinski definition) is 1. The molecule has 0 bridgehead atoms. The molecular weight excluding hydrogens is 166 g/mol. The van der Waals surface area contributed by atoms with Gasteiger partial charge < -0.3 is 10.1 Å². The Bertz CT molecular complexity index is 170. The summed E-state index contributed by atoms with van der Waals surface area (Å²) in [6.45, 7) is 1.88. The second kappa shape index (κ2) is 5.22. The van der Waals surface area contributed by atoms with Gasteiger partial charge in [0.15, 0.2) is 0 Å². The van der Waals surface area contributed by atoms with E-state index in [0.29, 0.717) is 18.6 Å². The molecule has 1 aliphatic carbocycles. The Balaban J connectivity index is 2.29. The van der Waals surface area contributed by atoms with E-state index in [1.807, 2.05) is 6.92 Å². The van der Waals surface area contributed by atoms with E-state index in [2.05, 4.69) is 5.32 Å². The van der Waals surface area contributed by atoms with E-state index in [1.165, 1.54) is 0 Å². The number of nitrogens with one attached hydrogen (secondary N) is 1. The second-order valence-electron chi connectivity index (χ2n) is 3.64. The van der Waals surface area contributed by atoms with Crippen LogP contribution in [0.2, 0.25) is 0 Å². The van der Waals surface area contributed by atoms with Crippen molar-refractivity contribution in [2.45, 2.75) is 51.2 Å². The van der Waals surface area contributed by atoms with Gasteiger partial charge in [-0.05, 0) is 25.7 Å². The first-order valence-electron chi connectivity index (χ1n) is 5.08. The van der Waals surface area contributed by atoms with Crippen LogP contribution in [0.5, 0.6) is 0 Å². The van der Waals surface area contributed by atoms with Gasteiger partial charge in [0, 0.05) is 19.6 Å². The Hall–Kier alpha value is -0.570. The Kier molecular flexibility index (Phi) is 4.22. The third-order valence-corrected chi connectivity index (χ3v) is 2.65. The highest BCUT2D eigenvalue weighted by molar-refractivity contribution is 5.75. The van der Waals surface area contributed by atoms with Crippen molar-refractivity contribution in [2.24, 2.45) is 0 Å². The van der Waals surface area contributed by atoms with Crippen LogP contribution in [0.25, 0.3) is 0 Å². The number of carbonyl (C=O) groups excluding carboxylic acids is 1. The third kappa shape index (κ3) is 3.35. The minimum absolute atomic E-state index is 0.154. The normalized spacial score (nSPS) is 28.5. The molecule has 76 valence electrons. The van der Waals surface area contributed by atoms with Crippen molar-refractivity contribution >= 4 is 5.91 Å². The summed E-state index contributed by atoms with van der Waals surface area (Å²) in [5, 5.41) is 3.01. The Morgan fingerprint density at radius 1 is 1.54 bits per heavy atom. The van der Waals surface area contributed by atoms with Gasteiger partial charge in [0.05, 0.1) is 6.10 Å². The number of amides is 1. The van der Waals surface area contributed by atoms with Crippen molar-refractivity contribution in [1.29, 1.82) is 0 Å². The van der Waals surface area contributed by atoms with Gasteiger partial charge in [-0.25, -0.2) is 0 Å². The molecule has 1 saturated carbocycles. The van der Waals surface area contributed by atoms with Gasteiger partial charge in [-0.2, -0.15) is 0 Å². The van der Waals surface area contributed by atoms with Gasteiger partial charge in [-0.15, -0.1) is 0 Å². The summed E-state index contributed by atoms with van der Waals surface area (Å²) in [6.07, 6.45) is 5.29. The molecule has 0 aliphatic heterocycles. The van der Waals surface area contributed by atoms with Crippen LogP contribution in [0, 0.1) is 0 Å². The molecule has 1 rings (SSSR count). The molecule has 0 aromatic carbocycles. The van der Waals surface area contributed by atoms with E-state index in [4.69, 9.17) is 4.74 Å². The number of rotatable bonds is 3. The van der Waals surface area contributed by atoms with Crippen LogP contribution in [0.1, 0.15) is 39.0 Å².